The van der Waals surface area contributed by atoms with Crippen LogP contribution in [0.4, 0.5) is 0 Å². The number of amides is 1. The Labute approximate surface area is 182 Å². The number of hydrogen-bond acceptors (Lipinski definition) is 7. The lowest BCUT2D eigenvalue weighted by Crippen LogP contribution is -2.65. The molecular weight excluding hydrogens is 416 g/mol. The number of carbonyl (C=O) groups excluding carboxylic acids is 1. The Morgan fingerprint density at radius 3 is 2.66 bits per heavy atom. The molecule has 29 heavy (non-hydrogen) atoms. The molecular formula is C20H35ClN2O5S. The topological polar surface area (TPSA) is 111 Å². The Kier molecular flexibility index (Phi) is 9.73. The first-order chi connectivity index (χ1) is 13.7. The van der Waals surface area contributed by atoms with Crippen molar-refractivity contribution in [2.75, 3.05) is 12.8 Å². The highest BCUT2D eigenvalue weighted by molar-refractivity contribution is 7.99. The highest BCUT2D eigenvalue weighted by Crippen LogP contribution is 2.31. The van der Waals surface area contributed by atoms with Gasteiger partial charge in [-0.05, 0) is 44.9 Å². The van der Waals surface area contributed by atoms with Crippen LogP contribution in [0.25, 0.3) is 0 Å². The molecule has 5 N–H and O–H groups in total. The number of halogens is 1. The molecule has 2 rings (SSSR count). The number of hydrogen-bond donors (Lipinski definition) is 5. The molecule has 9 heteroatoms. The van der Waals surface area contributed by atoms with Crippen LogP contribution in [0.1, 0.15) is 39.5 Å². The van der Waals surface area contributed by atoms with Gasteiger partial charge in [-0.3, -0.25) is 4.79 Å². The summed E-state index contributed by atoms with van der Waals surface area (Å²) in [6.45, 7) is 8.76. The summed E-state index contributed by atoms with van der Waals surface area (Å²) < 4.78 is 5.80. The first kappa shape index (κ1) is 24.9. The molecule has 0 saturated carbocycles. The predicted octanol–water partition coefficient (Wildman–Crippen LogP) is 0.994. The zero-order valence-corrected chi connectivity index (χ0v) is 19.0. The van der Waals surface area contributed by atoms with Gasteiger partial charge in [0, 0.05) is 0 Å². The number of carbonyl (C=O) groups is 1. The highest BCUT2D eigenvalue weighted by Gasteiger charge is 2.48. The highest BCUT2D eigenvalue weighted by atomic mass is 35.5. The first-order valence-corrected chi connectivity index (χ1v) is 12.0. The Morgan fingerprint density at radius 1 is 1.38 bits per heavy atom. The van der Waals surface area contributed by atoms with Crippen LogP contribution in [0.15, 0.2) is 12.2 Å². The van der Waals surface area contributed by atoms with Gasteiger partial charge in [0.1, 0.15) is 29.9 Å². The van der Waals surface area contributed by atoms with Gasteiger partial charge in [0.2, 0.25) is 5.91 Å². The van der Waals surface area contributed by atoms with Gasteiger partial charge in [0.05, 0.1) is 17.5 Å². The molecule has 0 aromatic rings. The Balaban J connectivity index is 2.09. The fraction of sp³-hybridized carbons (Fsp3) is 0.850. The fourth-order valence-electron chi connectivity index (χ4n) is 4.11. The van der Waals surface area contributed by atoms with Crippen LogP contribution in [-0.4, -0.2) is 81.3 Å². The largest absolute Gasteiger partial charge is 0.388 e. The van der Waals surface area contributed by atoms with Crippen molar-refractivity contribution in [2.24, 2.45) is 5.92 Å². The molecule has 0 aromatic carbocycles. The van der Waals surface area contributed by atoms with Crippen LogP contribution in [-0.2, 0) is 9.53 Å². The molecule has 168 valence electrons. The molecule has 2 heterocycles. The van der Waals surface area contributed by atoms with E-state index >= 15 is 0 Å². The lowest BCUT2D eigenvalue weighted by molar-refractivity contribution is -0.205. The van der Waals surface area contributed by atoms with Crippen molar-refractivity contribution in [3.8, 4) is 0 Å². The van der Waals surface area contributed by atoms with Crippen LogP contribution in [0.3, 0.4) is 0 Å². The van der Waals surface area contributed by atoms with Gasteiger partial charge in [-0.2, -0.15) is 0 Å². The normalized spacial score (nSPS) is 38.2. The molecule has 7 nitrogen and oxygen atoms in total. The zero-order valence-electron chi connectivity index (χ0n) is 17.4. The van der Waals surface area contributed by atoms with Gasteiger partial charge in [0.15, 0.2) is 0 Å². The number of nitrogens with one attached hydrogen (secondary N) is 2. The number of aliphatic hydroxyl groups excluding tert-OH is 3. The minimum Gasteiger partial charge on any atom is -0.388 e. The van der Waals surface area contributed by atoms with Gasteiger partial charge in [-0.25, -0.2) is 0 Å². The maximum absolute atomic E-state index is 13.0. The minimum atomic E-state index is -1.38. The second-order valence-corrected chi connectivity index (χ2v) is 9.66. The standard InChI is InChI=1S/C20H35ClN2O5S/c1-5-6-12-7-8-22-13(9-10(12)2)19(27)23-14(11(3)21)18-16(25)15(24)17(26)20(28-18)29-4/h11-18,20,22,24-26H,2,5-9H2,1,3-4H3,(H,23,27). The summed E-state index contributed by atoms with van der Waals surface area (Å²) in [5, 5.41) is 36.4. The SMILES string of the molecule is C=C1CC(C(=O)NC(C(C)Cl)C2OC(SC)C(O)C(O)C2O)NCCC1CCC. The summed E-state index contributed by atoms with van der Waals surface area (Å²) in [4.78, 5) is 13.0. The molecule has 2 aliphatic heterocycles. The van der Waals surface area contributed by atoms with Crippen LogP contribution in [0.2, 0.25) is 0 Å². The average Bonchev–Trinajstić information content (AvgIpc) is 2.87. The van der Waals surface area contributed by atoms with Crippen LogP contribution in [0, 0.1) is 5.92 Å². The minimum absolute atomic E-state index is 0.238. The van der Waals surface area contributed by atoms with Crippen molar-refractivity contribution in [3.05, 3.63) is 12.2 Å². The fourth-order valence-corrected chi connectivity index (χ4v) is 4.99. The number of thioether (sulfide) groups is 1. The smallest absolute Gasteiger partial charge is 0.237 e. The van der Waals surface area contributed by atoms with E-state index in [0.717, 1.165) is 31.4 Å². The summed E-state index contributed by atoms with van der Waals surface area (Å²) in [6, 6.07) is -1.17. The summed E-state index contributed by atoms with van der Waals surface area (Å²) >= 11 is 7.56. The van der Waals surface area contributed by atoms with E-state index in [-0.39, 0.29) is 5.91 Å². The van der Waals surface area contributed by atoms with Crippen molar-refractivity contribution in [3.63, 3.8) is 0 Å². The number of ether oxygens (including phenoxy) is 1. The first-order valence-electron chi connectivity index (χ1n) is 10.3. The van der Waals surface area contributed by atoms with Crippen molar-refractivity contribution in [1.82, 2.24) is 10.6 Å². The molecule has 0 aromatic heterocycles. The molecule has 0 bridgehead atoms. The van der Waals surface area contributed by atoms with E-state index in [4.69, 9.17) is 16.3 Å². The third kappa shape index (κ3) is 6.09. The van der Waals surface area contributed by atoms with E-state index in [9.17, 15) is 20.1 Å². The Hall–Kier alpha value is -0.350. The lowest BCUT2D eigenvalue weighted by atomic mass is 9.89. The van der Waals surface area contributed by atoms with Gasteiger partial charge in [-0.1, -0.05) is 25.5 Å². The summed E-state index contributed by atoms with van der Waals surface area (Å²) in [5.74, 6) is 0.174. The van der Waals surface area contributed by atoms with E-state index in [1.54, 1.807) is 13.2 Å². The molecule has 2 aliphatic rings. The zero-order chi connectivity index (χ0) is 21.7. The van der Waals surface area contributed by atoms with Crippen molar-refractivity contribution < 1.29 is 24.9 Å². The summed E-state index contributed by atoms with van der Waals surface area (Å²) in [7, 11) is 0. The molecule has 9 atom stereocenters. The van der Waals surface area contributed by atoms with Crippen LogP contribution in [0.5, 0.6) is 0 Å². The van der Waals surface area contributed by atoms with Gasteiger partial charge in [-0.15, -0.1) is 23.4 Å². The molecule has 2 fully saturated rings. The van der Waals surface area contributed by atoms with E-state index in [1.807, 2.05) is 0 Å². The Bertz CT molecular complexity index is 565. The molecule has 0 radical (unpaired) electrons. The third-order valence-electron chi connectivity index (χ3n) is 5.88. The molecule has 1 amide bonds. The van der Waals surface area contributed by atoms with E-state index < -0.39 is 47.3 Å². The summed E-state index contributed by atoms with van der Waals surface area (Å²) in [5.41, 5.74) is 0.348. The monoisotopic (exact) mass is 450 g/mol. The Morgan fingerprint density at radius 2 is 2.07 bits per heavy atom. The second-order valence-electron chi connectivity index (χ2n) is 8.03. The van der Waals surface area contributed by atoms with Gasteiger partial charge >= 0.3 is 0 Å². The van der Waals surface area contributed by atoms with Gasteiger partial charge in [0.25, 0.3) is 0 Å². The predicted molar refractivity (Wildman–Crippen MR) is 116 cm³/mol. The van der Waals surface area contributed by atoms with Gasteiger partial charge < -0.3 is 30.7 Å². The molecule has 9 unspecified atom stereocenters. The average molecular weight is 451 g/mol. The molecule has 0 aliphatic carbocycles. The lowest BCUT2D eigenvalue weighted by Gasteiger charge is -2.44. The number of alkyl halides is 1. The van der Waals surface area contributed by atoms with E-state index in [1.165, 1.54) is 11.8 Å². The number of rotatable bonds is 7. The van der Waals surface area contributed by atoms with Crippen molar-refractivity contribution in [1.29, 1.82) is 0 Å². The second kappa shape index (κ2) is 11.3. The van der Waals surface area contributed by atoms with Crippen LogP contribution < -0.4 is 10.6 Å². The van der Waals surface area contributed by atoms with Crippen molar-refractivity contribution in [2.45, 2.75) is 86.8 Å². The maximum atomic E-state index is 13.0. The van der Waals surface area contributed by atoms with Crippen LogP contribution >= 0.6 is 23.4 Å². The summed E-state index contributed by atoms with van der Waals surface area (Å²) in [6.07, 6.45) is 0.462. The quantitative estimate of drug-likeness (QED) is 0.290. The maximum Gasteiger partial charge on any atom is 0.237 e. The van der Waals surface area contributed by atoms with E-state index in [2.05, 4.69) is 24.1 Å². The third-order valence-corrected chi connectivity index (χ3v) is 7.00. The molecule has 2 saturated heterocycles. The molecule has 0 spiro atoms. The number of aliphatic hydroxyl groups is 3. The van der Waals surface area contributed by atoms with Crippen molar-refractivity contribution >= 4 is 29.3 Å². The van der Waals surface area contributed by atoms with E-state index in [0.29, 0.717) is 12.3 Å².